The van der Waals surface area contributed by atoms with Crippen LogP contribution < -0.4 is 10.5 Å². The number of nitro groups is 1. The van der Waals surface area contributed by atoms with Gasteiger partial charge >= 0.3 is 0 Å². The Balaban J connectivity index is 2.17. The van der Waals surface area contributed by atoms with Crippen LogP contribution in [-0.4, -0.2) is 9.91 Å². The van der Waals surface area contributed by atoms with Crippen molar-refractivity contribution in [3.8, 4) is 11.6 Å². The number of aryl methyl sites for hydroxylation is 1. The lowest BCUT2D eigenvalue weighted by Gasteiger charge is -2.08. The van der Waals surface area contributed by atoms with Crippen LogP contribution in [0.5, 0.6) is 11.6 Å². The third-order valence-electron chi connectivity index (χ3n) is 2.87. The maximum atomic E-state index is 10.7. The van der Waals surface area contributed by atoms with E-state index in [1.54, 1.807) is 31.3 Å². The van der Waals surface area contributed by atoms with E-state index in [0.717, 1.165) is 5.56 Å². The number of benzene rings is 1. The topological polar surface area (TPSA) is 91.3 Å². The summed E-state index contributed by atoms with van der Waals surface area (Å²) in [6.07, 6.45) is 1.65. The van der Waals surface area contributed by atoms with Crippen LogP contribution >= 0.6 is 0 Å². The van der Waals surface area contributed by atoms with Gasteiger partial charge in [0.15, 0.2) is 0 Å². The molecule has 1 aromatic carbocycles. The van der Waals surface area contributed by atoms with Gasteiger partial charge in [0.1, 0.15) is 5.75 Å². The number of nitrogens with two attached hydrogens (primary N) is 1. The van der Waals surface area contributed by atoms with Crippen molar-refractivity contribution in [3.63, 3.8) is 0 Å². The Hall–Kier alpha value is -2.47. The van der Waals surface area contributed by atoms with E-state index >= 15 is 0 Å². The van der Waals surface area contributed by atoms with Crippen LogP contribution in [0.2, 0.25) is 0 Å². The number of nitro benzene ring substituents is 1. The second-order valence-electron chi connectivity index (χ2n) is 4.53. The Labute approximate surface area is 116 Å². The summed E-state index contributed by atoms with van der Waals surface area (Å²) in [7, 11) is 0. The quantitative estimate of drug-likeness (QED) is 0.682. The minimum absolute atomic E-state index is 0.0672. The average Bonchev–Trinajstić information content (AvgIpc) is 2.39. The lowest BCUT2D eigenvalue weighted by Crippen LogP contribution is -2.05. The zero-order chi connectivity index (χ0) is 14.7. The highest BCUT2D eigenvalue weighted by atomic mass is 16.6. The Morgan fingerprint density at radius 1 is 1.35 bits per heavy atom. The van der Waals surface area contributed by atoms with Crippen LogP contribution in [0.3, 0.4) is 0 Å². The molecule has 1 unspecified atom stereocenters. The van der Waals surface area contributed by atoms with E-state index in [4.69, 9.17) is 10.5 Å². The Bertz CT molecular complexity index is 624. The van der Waals surface area contributed by atoms with Crippen LogP contribution in [-0.2, 0) is 0 Å². The van der Waals surface area contributed by atoms with Gasteiger partial charge in [-0.15, -0.1) is 0 Å². The first-order chi connectivity index (χ1) is 9.47. The predicted molar refractivity (Wildman–Crippen MR) is 74.7 cm³/mol. The largest absolute Gasteiger partial charge is 0.439 e. The van der Waals surface area contributed by atoms with Gasteiger partial charge in [-0.3, -0.25) is 10.1 Å². The van der Waals surface area contributed by atoms with Crippen molar-refractivity contribution >= 4 is 5.69 Å². The minimum atomic E-state index is -0.422. The maximum Gasteiger partial charge on any atom is 0.272 e. The van der Waals surface area contributed by atoms with Crippen molar-refractivity contribution in [2.45, 2.75) is 19.9 Å². The molecule has 104 valence electrons. The fourth-order valence-corrected chi connectivity index (χ4v) is 1.74. The molecule has 0 saturated carbocycles. The molecule has 6 heteroatoms. The second kappa shape index (κ2) is 5.66. The van der Waals surface area contributed by atoms with Crippen molar-refractivity contribution in [1.82, 2.24) is 4.98 Å². The summed E-state index contributed by atoms with van der Waals surface area (Å²) >= 11 is 0. The number of ether oxygens (including phenoxy) is 1. The summed E-state index contributed by atoms with van der Waals surface area (Å²) in [4.78, 5) is 14.5. The molecule has 0 aliphatic heterocycles. The standard InChI is InChI=1S/C14H15N3O3/c1-9-7-12(4-5-13(9)17(18)19)20-14-6-3-11(8-16-14)10(2)15/h3-8,10H,15H2,1-2H3. The van der Waals surface area contributed by atoms with Crippen LogP contribution in [0.1, 0.15) is 24.1 Å². The van der Waals surface area contributed by atoms with Gasteiger partial charge < -0.3 is 10.5 Å². The Kier molecular flexibility index (Phi) is 3.95. The van der Waals surface area contributed by atoms with E-state index in [9.17, 15) is 10.1 Å². The van der Waals surface area contributed by atoms with Crippen molar-refractivity contribution in [2.24, 2.45) is 5.73 Å². The molecule has 0 amide bonds. The van der Waals surface area contributed by atoms with Crippen LogP contribution in [0, 0.1) is 17.0 Å². The molecule has 20 heavy (non-hydrogen) atoms. The van der Waals surface area contributed by atoms with Gasteiger partial charge in [-0.25, -0.2) is 4.98 Å². The fraction of sp³-hybridized carbons (Fsp3) is 0.214. The van der Waals surface area contributed by atoms with Crippen LogP contribution in [0.4, 0.5) is 5.69 Å². The molecule has 0 radical (unpaired) electrons. The Morgan fingerprint density at radius 2 is 2.10 bits per heavy atom. The number of hydrogen-bond donors (Lipinski definition) is 1. The molecule has 1 heterocycles. The van der Waals surface area contributed by atoms with Crippen molar-refractivity contribution in [2.75, 3.05) is 0 Å². The highest BCUT2D eigenvalue weighted by Gasteiger charge is 2.11. The van der Waals surface area contributed by atoms with Gasteiger partial charge in [-0.1, -0.05) is 6.07 Å². The van der Waals surface area contributed by atoms with E-state index in [-0.39, 0.29) is 11.7 Å². The summed E-state index contributed by atoms with van der Waals surface area (Å²) in [5.74, 6) is 0.928. The van der Waals surface area contributed by atoms with E-state index in [0.29, 0.717) is 17.2 Å². The number of rotatable bonds is 4. The lowest BCUT2D eigenvalue weighted by atomic mass is 10.2. The highest BCUT2D eigenvalue weighted by Crippen LogP contribution is 2.26. The molecule has 2 rings (SSSR count). The summed E-state index contributed by atoms with van der Waals surface area (Å²) < 4.78 is 5.55. The first kappa shape index (κ1) is 14.0. The SMILES string of the molecule is Cc1cc(Oc2ccc(C(C)N)cn2)ccc1[N+](=O)[O-]. The summed E-state index contributed by atoms with van der Waals surface area (Å²) in [5, 5.41) is 10.7. The molecule has 0 saturated heterocycles. The van der Waals surface area contributed by atoms with Gasteiger partial charge in [-0.05, 0) is 31.5 Å². The molecule has 0 spiro atoms. The number of nitrogens with zero attached hydrogens (tertiary/aromatic N) is 2. The number of hydrogen-bond acceptors (Lipinski definition) is 5. The molecule has 0 fully saturated rings. The van der Waals surface area contributed by atoms with E-state index in [1.165, 1.54) is 6.07 Å². The molecule has 0 aliphatic rings. The van der Waals surface area contributed by atoms with E-state index in [1.807, 2.05) is 13.0 Å². The fourth-order valence-electron chi connectivity index (χ4n) is 1.74. The third kappa shape index (κ3) is 3.10. The van der Waals surface area contributed by atoms with Crippen LogP contribution in [0.15, 0.2) is 36.5 Å². The normalized spacial score (nSPS) is 11.9. The molecule has 0 aliphatic carbocycles. The molecule has 2 aromatic rings. The van der Waals surface area contributed by atoms with Gasteiger partial charge in [0.2, 0.25) is 5.88 Å². The van der Waals surface area contributed by atoms with Crippen molar-refractivity contribution in [1.29, 1.82) is 0 Å². The maximum absolute atomic E-state index is 10.7. The molecular weight excluding hydrogens is 258 g/mol. The number of pyridine rings is 1. The smallest absolute Gasteiger partial charge is 0.272 e. The monoisotopic (exact) mass is 273 g/mol. The lowest BCUT2D eigenvalue weighted by molar-refractivity contribution is -0.385. The molecule has 6 nitrogen and oxygen atoms in total. The summed E-state index contributed by atoms with van der Waals surface area (Å²) in [6, 6.07) is 8.05. The molecular formula is C14H15N3O3. The summed E-state index contributed by atoms with van der Waals surface area (Å²) in [6.45, 7) is 3.54. The van der Waals surface area contributed by atoms with Gasteiger partial charge in [0, 0.05) is 29.9 Å². The minimum Gasteiger partial charge on any atom is -0.439 e. The second-order valence-corrected chi connectivity index (χ2v) is 4.53. The van der Waals surface area contributed by atoms with Gasteiger partial charge in [0.05, 0.1) is 4.92 Å². The predicted octanol–water partition coefficient (Wildman–Crippen LogP) is 3.11. The molecule has 1 aromatic heterocycles. The van der Waals surface area contributed by atoms with Crippen molar-refractivity contribution < 1.29 is 9.66 Å². The number of aromatic nitrogens is 1. The first-order valence-corrected chi connectivity index (χ1v) is 6.12. The zero-order valence-corrected chi connectivity index (χ0v) is 11.2. The molecule has 0 bridgehead atoms. The molecule has 1 atom stereocenters. The van der Waals surface area contributed by atoms with E-state index in [2.05, 4.69) is 4.98 Å². The average molecular weight is 273 g/mol. The molecule has 2 N–H and O–H groups in total. The van der Waals surface area contributed by atoms with Crippen LogP contribution in [0.25, 0.3) is 0 Å². The summed E-state index contributed by atoms with van der Waals surface area (Å²) in [5.41, 5.74) is 7.26. The third-order valence-corrected chi connectivity index (χ3v) is 2.87. The van der Waals surface area contributed by atoms with Gasteiger partial charge in [0.25, 0.3) is 5.69 Å². The highest BCUT2D eigenvalue weighted by molar-refractivity contribution is 5.45. The zero-order valence-electron chi connectivity index (χ0n) is 11.2. The first-order valence-electron chi connectivity index (χ1n) is 6.12. The van der Waals surface area contributed by atoms with Gasteiger partial charge in [-0.2, -0.15) is 0 Å². The van der Waals surface area contributed by atoms with E-state index < -0.39 is 4.92 Å². The Morgan fingerprint density at radius 3 is 2.60 bits per heavy atom. The van der Waals surface area contributed by atoms with Crippen molar-refractivity contribution in [3.05, 3.63) is 57.8 Å².